The minimum absolute atomic E-state index is 0.774. The number of rotatable bonds is 4. The maximum absolute atomic E-state index is 9.99. The average Bonchev–Trinajstić information content (AvgIpc) is 3.57. The number of nitrogens with one attached hydrogen (secondary N) is 3. The zero-order valence-corrected chi connectivity index (χ0v) is 16.1. The molecule has 0 aliphatic carbocycles. The van der Waals surface area contributed by atoms with Crippen LogP contribution in [-0.2, 0) is 7.05 Å². The first kappa shape index (κ1) is 25.3. The van der Waals surface area contributed by atoms with E-state index in [-0.39, 0.29) is 0 Å². The van der Waals surface area contributed by atoms with Crippen molar-refractivity contribution in [1.82, 2.24) is 40.2 Å². The molecule has 0 amide bonds. The van der Waals surface area contributed by atoms with Crippen LogP contribution in [-0.4, -0.2) is 49.9 Å². The second-order valence-corrected chi connectivity index (χ2v) is 4.90. The quantitative estimate of drug-likeness (QED) is 0.189. The van der Waals surface area contributed by atoms with E-state index in [4.69, 9.17) is 0 Å². The summed E-state index contributed by atoms with van der Waals surface area (Å²) in [4.78, 5) is 54.9. The normalized spacial score (nSPS) is 9.12. The summed E-state index contributed by atoms with van der Waals surface area (Å²) in [5.74, 6) is -3.30. The van der Waals surface area contributed by atoms with E-state index < -0.39 is 43.0 Å². The van der Waals surface area contributed by atoms with Gasteiger partial charge in [0.2, 0.25) is 24.3 Å². The first-order valence-electron chi connectivity index (χ1n) is 7.86. The van der Waals surface area contributed by atoms with E-state index in [9.17, 15) is 40.5 Å². The number of aryl methyl sites for hydroxylation is 1. The summed E-state index contributed by atoms with van der Waals surface area (Å²) in [5.41, 5.74) is 0. The third-order valence-corrected chi connectivity index (χ3v) is 2.75. The van der Waals surface area contributed by atoms with Crippen molar-refractivity contribution in [3.63, 3.8) is 0 Å². The first-order chi connectivity index (χ1) is 15.6. The fourth-order valence-electron chi connectivity index (χ4n) is 1.50. The lowest BCUT2D eigenvalue weighted by atomic mass is 10.7. The van der Waals surface area contributed by atoms with Crippen molar-refractivity contribution in [3.05, 3.63) is 78.4 Å². The van der Waals surface area contributed by atoms with Crippen LogP contribution in [0.2, 0.25) is 0 Å². The Morgan fingerprint density at radius 2 is 1.42 bits per heavy atom. The molecular weight excluding hydrogens is 456 g/mol. The molecular formula is C11H12N14O8. The zero-order chi connectivity index (χ0) is 24.8. The summed E-state index contributed by atoms with van der Waals surface area (Å²) in [7, 11) is 1.88. The van der Waals surface area contributed by atoms with Crippen molar-refractivity contribution in [2.24, 2.45) is 7.05 Å². The molecule has 0 aliphatic rings. The summed E-state index contributed by atoms with van der Waals surface area (Å²) >= 11 is 0. The third kappa shape index (κ3) is 8.68. The molecule has 0 aliphatic heterocycles. The summed E-state index contributed by atoms with van der Waals surface area (Å²) in [6, 6.07) is 0. The molecule has 22 nitrogen and oxygen atoms in total. The van der Waals surface area contributed by atoms with Gasteiger partial charge in [0.1, 0.15) is 19.7 Å². The second kappa shape index (κ2) is 12.8. The summed E-state index contributed by atoms with van der Waals surface area (Å²) < 4.78 is 1.76. The predicted octanol–water partition coefficient (Wildman–Crippen LogP) is -1.83. The Morgan fingerprint density at radius 3 is 1.61 bits per heavy atom. The molecule has 0 radical (unpaired) electrons. The lowest BCUT2D eigenvalue weighted by Crippen LogP contribution is -2.27. The van der Waals surface area contributed by atoms with E-state index in [0.29, 0.717) is 0 Å². The Bertz CT molecular complexity index is 1010. The summed E-state index contributed by atoms with van der Waals surface area (Å²) in [5, 5.41) is 48.8. The highest BCUT2D eigenvalue weighted by Crippen LogP contribution is 2.19. The van der Waals surface area contributed by atoms with E-state index >= 15 is 0 Å². The van der Waals surface area contributed by atoms with E-state index in [2.05, 4.69) is 45.2 Å². The van der Waals surface area contributed by atoms with Crippen molar-refractivity contribution in [2.75, 3.05) is 0 Å². The van der Waals surface area contributed by atoms with Crippen LogP contribution >= 0.6 is 0 Å². The SMILES string of the molecule is C[n+]1cnc[nH]1.O=[N+]([O-])c1nc[n-]c1[N+](=O)[O-].O=[N+]([O-])c1nc[n-]c1[N+](=O)[O-].c1n[nH]c[nH+]1. The highest BCUT2D eigenvalue weighted by atomic mass is 16.6. The number of aromatic amines is 3. The highest BCUT2D eigenvalue weighted by molar-refractivity contribution is 5.38. The van der Waals surface area contributed by atoms with Crippen molar-refractivity contribution in [2.45, 2.75) is 0 Å². The van der Waals surface area contributed by atoms with Gasteiger partial charge in [-0.15, -0.1) is 5.10 Å². The van der Waals surface area contributed by atoms with Gasteiger partial charge in [-0.2, -0.15) is 29.6 Å². The van der Waals surface area contributed by atoms with Gasteiger partial charge in [0.05, 0.1) is 0 Å². The first-order valence-corrected chi connectivity index (χ1v) is 7.86. The van der Waals surface area contributed by atoms with Gasteiger partial charge in [-0.25, -0.2) is 9.97 Å². The molecule has 4 aromatic rings. The van der Waals surface area contributed by atoms with Crippen LogP contribution in [0.1, 0.15) is 0 Å². The third-order valence-electron chi connectivity index (χ3n) is 2.75. The monoisotopic (exact) mass is 468 g/mol. The largest absolute Gasteiger partial charge is 0.459 e. The van der Waals surface area contributed by atoms with Crippen molar-refractivity contribution in [3.8, 4) is 0 Å². The van der Waals surface area contributed by atoms with Crippen LogP contribution in [0, 0.1) is 40.5 Å². The molecule has 0 aromatic carbocycles. The predicted molar refractivity (Wildman–Crippen MR) is 96.6 cm³/mol. The number of aromatic nitrogens is 10. The molecule has 0 atom stereocenters. The van der Waals surface area contributed by atoms with Gasteiger partial charge in [-0.05, 0) is 14.8 Å². The fraction of sp³-hybridized carbons (Fsp3) is 0.0909. The van der Waals surface area contributed by atoms with Gasteiger partial charge in [0.25, 0.3) is 6.33 Å². The van der Waals surface area contributed by atoms with E-state index in [1.165, 1.54) is 0 Å². The second-order valence-electron chi connectivity index (χ2n) is 4.90. The molecule has 33 heavy (non-hydrogen) atoms. The number of nitro groups is 4. The molecule has 4 rings (SSSR count). The number of H-pyrrole nitrogens is 3. The maximum Gasteiger partial charge on any atom is 0.308 e. The number of nitrogens with zero attached hydrogens (tertiary/aromatic N) is 11. The fourth-order valence-corrected chi connectivity index (χ4v) is 1.50. The Balaban J connectivity index is 0.000000231. The number of hydrogen-bond donors (Lipinski definition) is 2. The van der Waals surface area contributed by atoms with Crippen LogP contribution in [0.25, 0.3) is 0 Å². The topological polar surface area (TPSA) is 302 Å². The van der Waals surface area contributed by atoms with Crippen molar-refractivity contribution in [1.29, 1.82) is 0 Å². The van der Waals surface area contributed by atoms with Gasteiger partial charge in [0.15, 0.2) is 0 Å². The summed E-state index contributed by atoms with van der Waals surface area (Å²) in [6.07, 6.45) is 8.08. The van der Waals surface area contributed by atoms with Crippen LogP contribution in [0.4, 0.5) is 23.3 Å². The molecule has 0 spiro atoms. The van der Waals surface area contributed by atoms with Gasteiger partial charge in [0, 0.05) is 5.10 Å². The molecule has 0 bridgehead atoms. The van der Waals surface area contributed by atoms with Gasteiger partial charge >= 0.3 is 18.0 Å². The molecule has 22 heteroatoms. The van der Waals surface area contributed by atoms with Crippen LogP contribution in [0.3, 0.4) is 0 Å². The van der Waals surface area contributed by atoms with Crippen LogP contribution in [0.5, 0.6) is 0 Å². The Kier molecular flexibility index (Phi) is 9.81. The molecule has 4 aromatic heterocycles. The number of hydrogen-bond acceptors (Lipinski definition) is 12. The Morgan fingerprint density at radius 1 is 0.909 bits per heavy atom. The van der Waals surface area contributed by atoms with Gasteiger partial charge in [-0.3, -0.25) is 4.98 Å². The Labute approximate surface area is 179 Å². The summed E-state index contributed by atoms with van der Waals surface area (Å²) in [6.45, 7) is 0. The molecule has 0 unspecified atom stereocenters. The standard InChI is InChI=1S/2C3HN4O4.C3H5N3.C2H3N3/c2*8-6(9)2-3(7(10)11)5-1-4-2;1-6-3-4-2-5-6;1-3-2-5-4-1/h2*1H;2-3H,1H3;1-2H,(H,3,4,5)/q2*-1;;/p+2. The van der Waals surface area contributed by atoms with Crippen molar-refractivity contribution < 1.29 is 29.4 Å². The zero-order valence-electron chi connectivity index (χ0n) is 16.1. The van der Waals surface area contributed by atoms with Gasteiger partial charge < -0.3 is 40.5 Å². The van der Waals surface area contributed by atoms with E-state index in [1.807, 2.05) is 7.05 Å². The highest BCUT2D eigenvalue weighted by Gasteiger charge is 2.12. The van der Waals surface area contributed by atoms with Gasteiger partial charge in [-0.1, -0.05) is 0 Å². The van der Waals surface area contributed by atoms with Crippen LogP contribution < -0.4 is 19.6 Å². The molecule has 0 saturated heterocycles. The average molecular weight is 468 g/mol. The molecule has 174 valence electrons. The maximum atomic E-state index is 9.99. The van der Waals surface area contributed by atoms with Crippen LogP contribution in [0.15, 0.2) is 38.0 Å². The minimum Gasteiger partial charge on any atom is -0.459 e. The molecule has 4 heterocycles. The lowest BCUT2D eigenvalue weighted by molar-refractivity contribution is -0.728. The lowest BCUT2D eigenvalue weighted by Gasteiger charge is -2.00. The molecule has 3 N–H and O–H groups in total. The molecule has 0 fully saturated rings. The Hall–Kier alpha value is -5.70. The number of imidazole rings is 2. The molecule has 0 saturated carbocycles. The van der Waals surface area contributed by atoms with E-state index in [1.54, 1.807) is 30.0 Å². The minimum atomic E-state index is -0.953. The van der Waals surface area contributed by atoms with Crippen molar-refractivity contribution >= 4 is 23.3 Å². The van der Waals surface area contributed by atoms with E-state index in [0.717, 1.165) is 12.7 Å². The smallest absolute Gasteiger partial charge is 0.308 e.